The van der Waals surface area contributed by atoms with E-state index in [1.807, 2.05) is 0 Å². The van der Waals surface area contributed by atoms with Gasteiger partial charge in [0.15, 0.2) is 0 Å². The molecule has 1 fully saturated rings. The van der Waals surface area contributed by atoms with Gasteiger partial charge in [0, 0.05) is 26.2 Å². The fraction of sp³-hybridized carbons (Fsp3) is 0.562. The van der Waals surface area contributed by atoms with Crippen molar-refractivity contribution < 1.29 is 22.7 Å². The Labute approximate surface area is 138 Å². The Kier molecular flexibility index (Phi) is 6.44. The first-order valence-electron chi connectivity index (χ1n) is 7.92. The van der Waals surface area contributed by atoms with Crippen molar-refractivity contribution in [3.05, 3.63) is 29.8 Å². The minimum absolute atomic E-state index is 0.0145. The molecular weight excluding hydrogens is 323 g/mol. The first kappa shape index (κ1) is 18.5. The fourth-order valence-electron chi connectivity index (χ4n) is 2.85. The minimum Gasteiger partial charge on any atom is -0.406 e. The van der Waals surface area contributed by atoms with Crippen molar-refractivity contribution in [1.29, 1.82) is 0 Å². The number of ether oxygens (including phenoxy) is 1. The van der Waals surface area contributed by atoms with E-state index in [2.05, 4.69) is 15.0 Å². The molecular formula is C16H22F3N3O2. The van der Waals surface area contributed by atoms with Gasteiger partial charge in [0.05, 0.1) is 5.92 Å². The number of carbonyl (C=O) groups excluding carboxylic acids is 1. The zero-order chi connectivity index (χ0) is 17.6. The predicted molar refractivity (Wildman–Crippen MR) is 83.2 cm³/mol. The average molecular weight is 345 g/mol. The van der Waals surface area contributed by atoms with Crippen LogP contribution in [0.25, 0.3) is 0 Å². The van der Waals surface area contributed by atoms with E-state index < -0.39 is 6.36 Å². The average Bonchev–Trinajstić information content (AvgIpc) is 2.51. The molecule has 1 heterocycles. The van der Waals surface area contributed by atoms with Crippen LogP contribution in [-0.4, -0.2) is 43.3 Å². The highest BCUT2D eigenvalue weighted by Crippen LogP contribution is 2.25. The third-order valence-electron chi connectivity index (χ3n) is 3.86. The van der Waals surface area contributed by atoms with E-state index in [1.165, 1.54) is 18.2 Å². The molecule has 1 unspecified atom stereocenters. The lowest BCUT2D eigenvalue weighted by atomic mass is 9.96. The van der Waals surface area contributed by atoms with Crippen LogP contribution in [-0.2, 0) is 11.3 Å². The van der Waals surface area contributed by atoms with E-state index in [4.69, 9.17) is 5.73 Å². The first-order chi connectivity index (χ1) is 11.4. The monoisotopic (exact) mass is 345 g/mol. The lowest BCUT2D eigenvalue weighted by Crippen LogP contribution is -2.43. The van der Waals surface area contributed by atoms with Gasteiger partial charge in [0.2, 0.25) is 5.91 Å². The summed E-state index contributed by atoms with van der Waals surface area (Å²) >= 11 is 0. The number of halogens is 3. The molecule has 1 aliphatic rings. The number of nitrogens with one attached hydrogen (secondary N) is 1. The topological polar surface area (TPSA) is 67.6 Å². The van der Waals surface area contributed by atoms with Crippen molar-refractivity contribution in [2.75, 3.05) is 26.2 Å². The van der Waals surface area contributed by atoms with Crippen molar-refractivity contribution in [2.24, 2.45) is 11.7 Å². The Morgan fingerprint density at radius 3 is 2.92 bits per heavy atom. The maximum Gasteiger partial charge on any atom is 0.573 e. The Morgan fingerprint density at radius 1 is 1.42 bits per heavy atom. The van der Waals surface area contributed by atoms with Crippen LogP contribution >= 0.6 is 0 Å². The fourth-order valence-corrected chi connectivity index (χ4v) is 2.85. The molecule has 134 valence electrons. The summed E-state index contributed by atoms with van der Waals surface area (Å²) in [6, 6.07) is 5.94. The number of nitrogens with two attached hydrogens (primary N) is 1. The summed E-state index contributed by atoms with van der Waals surface area (Å²) in [5.74, 6) is -0.353. The molecule has 0 bridgehead atoms. The number of alkyl halides is 3. The molecule has 1 amide bonds. The number of likely N-dealkylation sites (tertiary alicyclic amines) is 1. The summed E-state index contributed by atoms with van der Waals surface area (Å²) in [5, 5.41) is 2.79. The molecule has 5 nitrogen and oxygen atoms in total. The van der Waals surface area contributed by atoms with Crippen molar-refractivity contribution in [1.82, 2.24) is 10.2 Å². The largest absolute Gasteiger partial charge is 0.573 e. The van der Waals surface area contributed by atoms with Gasteiger partial charge >= 0.3 is 6.36 Å². The lowest BCUT2D eigenvalue weighted by molar-refractivity contribution is -0.274. The molecule has 2 rings (SSSR count). The second kappa shape index (κ2) is 8.34. The zero-order valence-electron chi connectivity index (χ0n) is 13.3. The quantitative estimate of drug-likeness (QED) is 0.826. The number of nitrogens with zero attached hydrogens (tertiary/aromatic N) is 1. The van der Waals surface area contributed by atoms with Crippen molar-refractivity contribution >= 4 is 5.91 Å². The van der Waals surface area contributed by atoms with E-state index in [0.29, 0.717) is 26.2 Å². The summed E-state index contributed by atoms with van der Waals surface area (Å²) in [6.07, 6.45) is -3.01. The van der Waals surface area contributed by atoms with Gasteiger partial charge in [-0.05, 0) is 37.1 Å². The van der Waals surface area contributed by atoms with Crippen LogP contribution in [0.2, 0.25) is 0 Å². The van der Waals surface area contributed by atoms with Crippen LogP contribution in [0, 0.1) is 5.92 Å². The van der Waals surface area contributed by atoms with Crippen molar-refractivity contribution in [2.45, 2.75) is 25.7 Å². The number of hydrogen-bond acceptors (Lipinski definition) is 4. The number of rotatable bonds is 6. The molecule has 8 heteroatoms. The van der Waals surface area contributed by atoms with Gasteiger partial charge in [-0.1, -0.05) is 12.1 Å². The van der Waals surface area contributed by atoms with Crippen LogP contribution in [0.1, 0.15) is 18.4 Å². The highest BCUT2D eigenvalue weighted by Gasteiger charge is 2.31. The van der Waals surface area contributed by atoms with Crippen molar-refractivity contribution in [3.63, 3.8) is 0 Å². The molecule has 1 atom stereocenters. The maximum absolute atomic E-state index is 12.3. The summed E-state index contributed by atoms with van der Waals surface area (Å²) < 4.78 is 40.8. The highest BCUT2D eigenvalue weighted by molar-refractivity contribution is 5.78. The predicted octanol–water partition coefficient (Wildman–Crippen LogP) is 1.87. The van der Waals surface area contributed by atoms with Gasteiger partial charge in [-0.3, -0.25) is 9.69 Å². The Balaban J connectivity index is 1.93. The van der Waals surface area contributed by atoms with E-state index in [1.54, 1.807) is 6.07 Å². The lowest BCUT2D eigenvalue weighted by Gasteiger charge is -2.32. The molecule has 0 radical (unpaired) electrons. The van der Waals surface area contributed by atoms with E-state index in [9.17, 15) is 18.0 Å². The van der Waals surface area contributed by atoms with Crippen LogP contribution in [0.4, 0.5) is 13.2 Å². The molecule has 1 aromatic carbocycles. The van der Waals surface area contributed by atoms with E-state index in [-0.39, 0.29) is 17.6 Å². The second-order valence-corrected chi connectivity index (χ2v) is 5.85. The van der Waals surface area contributed by atoms with E-state index >= 15 is 0 Å². The van der Waals surface area contributed by atoms with Crippen LogP contribution in [0.15, 0.2) is 24.3 Å². The third-order valence-corrected chi connectivity index (χ3v) is 3.86. The molecule has 0 aliphatic carbocycles. The SMILES string of the molecule is NCCNC(=O)C1CCCN(Cc2cccc(OC(F)(F)F)c2)C1. The molecule has 1 saturated heterocycles. The van der Waals surface area contributed by atoms with Gasteiger partial charge in [0.25, 0.3) is 0 Å². The second-order valence-electron chi connectivity index (χ2n) is 5.85. The number of benzene rings is 1. The molecule has 1 aliphatic heterocycles. The van der Waals surface area contributed by atoms with Crippen LogP contribution < -0.4 is 15.8 Å². The normalized spacial score (nSPS) is 19.1. The minimum atomic E-state index is -4.70. The molecule has 0 aromatic heterocycles. The third kappa shape index (κ3) is 6.01. The van der Waals surface area contributed by atoms with Gasteiger partial charge in [-0.25, -0.2) is 0 Å². The smallest absolute Gasteiger partial charge is 0.406 e. The van der Waals surface area contributed by atoms with Gasteiger partial charge < -0.3 is 15.8 Å². The number of hydrogen-bond donors (Lipinski definition) is 2. The number of amides is 1. The molecule has 0 saturated carbocycles. The first-order valence-corrected chi connectivity index (χ1v) is 7.92. The van der Waals surface area contributed by atoms with Crippen LogP contribution in [0.3, 0.4) is 0 Å². The number of carbonyl (C=O) groups is 1. The Morgan fingerprint density at radius 2 is 2.21 bits per heavy atom. The summed E-state index contributed by atoms with van der Waals surface area (Å²) in [6.45, 7) is 2.72. The molecule has 1 aromatic rings. The van der Waals surface area contributed by atoms with Gasteiger partial charge in [0.1, 0.15) is 5.75 Å². The molecule has 0 spiro atoms. The van der Waals surface area contributed by atoms with Gasteiger partial charge in [-0.2, -0.15) is 0 Å². The van der Waals surface area contributed by atoms with Crippen LogP contribution in [0.5, 0.6) is 5.75 Å². The molecule has 3 N–H and O–H groups in total. The Bertz CT molecular complexity index is 552. The summed E-state index contributed by atoms with van der Waals surface area (Å²) in [5.41, 5.74) is 6.10. The standard InChI is InChI=1S/C16H22F3N3O2/c17-16(18,19)24-14-5-1-3-12(9-14)10-22-8-2-4-13(11-22)15(23)21-7-6-20/h1,3,5,9,13H,2,4,6-8,10-11,20H2,(H,21,23). The zero-order valence-corrected chi connectivity index (χ0v) is 13.3. The summed E-state index contributed by atoms with van der Waals surface area (Å²) in [4.78, 5) is 14.1. The van der Waals surface area contributed by atoms with E-state index in [0.717, 1.165) is 24.9 Å². The maximum atomic E-state index is 12.3. The Hall–Kier alpha value is -1.80. The summed E-state index contributed by atoms with van der Waals surface area (Å²) in [7, 11) is 0. The highest BCUT2D eigenvalue weighted by atomic mass is 19.4. The molecule has 24 heavy (non-hydrogen) atoms. The number of piperidine rings is 1. The van der Waals surface area contributed by atoms with Gasteiger partial charge in [-0.15, -0.1) is 13.2 Å². The van der Waals surface area contributed by atoms with Crippen molar-refractivity contribution in [3.8, 4) is 5.75 Å².